The minimum Gasteiger partial charge on any atom is -0.478 e. The molecular formula is C12H7ClFN3O4. The van der Waals surface area contributed by atoms with Gasteiger partial charge in [0.05, 0.1) is 10.5 Å². The summed E-state index contributed by atoms with van der Waals surface area (Å²) in [5.74, 6) is -2.22. The lowest BCUT2D eigenvalue weighted by Gasteiger charge is -2.06. The Bertz CT molecular complexity index is 766. The minimum absolute atomic E-state index is 0.00358. The van der Waals surface area contributed by atoms with E-state index in [2.05, 4.69) is 9.97 Å². The number of carbonyl (C=O) groups is 1. The standard InChI is InChI=1S/C12H7ClFN3O4/c1-5-10(17(20)21)9(16-12(13)15-5)6-2-7(11(18)19)4-8(14)3-6/h2-4H,1H3,(H,18,19). The molecule has 1 aromatic heterocycles. The van der Waals surface area contributed by atoms with Crippen LogP contribution in [0.4, 0.5) is 10.1 Å². The predicted octanol–water partition coefficient (Wildman–Crippen LogP) is 2.85. The molecule has 7 nitrogen and oxygen atoms in total. The second-order valence-corrected chi connectivity index (χ2v) is 4.40. The van der Waals surface area contributed by atoms with E-state index in [1.54, 1.807) is 0 Å². The zero-order valence-electron chi connectivity index (χ0n) is 10.5. The molecule has 0 aliphatic rings. The van der Waals surface area contributed by atoms with E-state index in [9.17, 15) is 19.3 Å². The van der Waals surface area contributed by atoms with Gasteiger partial charge in [-0.15, -0.1) is 0 Å². The van der Waals surface area contributed by atoms with Crippen LogP contribution in [0, 0.1) is 22.9 Å². The molecule has 21 heavy (non-hydrogen) atoms. The van der Waals surface area contributed by atoms with Gasteiger partial charge in [-0.1, -0.05) is 0 Å². The average Bonchev–Trinajstić information content (AvgIpc) is 2.36. The number of aromatic nitrogens is 2. The first-order valence-electron chi connectivity index (χ1n) is 5.52. The van der Waals surface area contributed by atoms with Gasteiger partial charge in [-0.25, -0.2) is 19.2 Å². The molecule has 0 amide bonds. The zero-order chi connectivity index (χ0) is 15.7. The van der Waals surface area contributed by atoms with Gasteiger partial charge in [0.25, 0.3) is 0 Å². The molecule has 108 valence electrons. The van der Waals surface area contributed by atoms with E-state index in [0.717, 1.165) is 18.2 Å². The van der Waals surface area contributed by atoms with Crippen molar-refractivity contribution in [2.75, 3.05) is 0 Å². The monoisotopic (exact) mass is 311 g/mol. The molecule has 0 saturated carbocycles. The van der Waals surface area contributed by atoms with Crippen molar-refractivity contribution in [3.8, 4) is 11.3 Å². The van der Waals surface area contributed by atoms with Crippen molar-refractivity contribution < 1.29 is 19.2 Å². The highest BCUT2D eigenvalue weighted by Crippen LogP contribution is 2.32. The fourth-order valence-electron chi connectivity index (χ4n) is 1.80. The van der Waals surface area contributed by atoms with Crippen molar-refractivity contribution in [2.24, 2.45) is 0 Å². The van der Waals surface area contributed by atoms with Gasteiger partial charge in [0.15, 0.2) is 5.69 Å². The Labute approximate surface area is 122 Å². The van der Waals surface area contributed by atoms with Crippen molar-refractivity contribution in [3.05, 3.63) is 50.7 Å². The Morgan fingerprint density at radius 3 is 2.62 bits per heavy atom. The van der Waals surface area contributed by atoms with Gasteiger partial charge in [-0.3, -0.25) is 10.1 Å². The molecule has 2 aromatic rings. The smallest absolute Gasteiger partial charge is 0.335 e. The molecule has 0 atom stereocenters. The molecule has 1 heterocycles. The molecule has 0 unspecified atom stereocenters. The van der Waals surface area contributed by atoms with Crippen LogP contribution in [0.5, 0.6) is 0 Å². The summed E-state index contributed by atoms with van der Waals surface area (Å²) < 4.78 is 13.5. The van der Waals surface area contributed by atoms with E-state index in [-0.39, 0.29) is 27.8 Å². The third-order valence-corrected chi connectivity index (χ3v) is 2.80. The topological polar surface area (TPSA) is 106 Å². The summed E-state index contributed by atoms with van der Waals surface area (Å²) >= 11 is 5.66. The molecular weight excluding hydrogens is 305 g/mol. The van der Waals surface area contributed by atoms with Gasteiger partial charge in [-0.2, -0.15) is 0 Å². The Balaban J connectivity index is 2.77. The fraction of sp³-hybridized carbons (Fsp3) is 0.0833. The third-order valence-electron chi connectivity index (χ3n) is 2.63. The van der Waals surface area contributed by atoms with Crippen molar-refractivity contribution in [1.82, 2.24) is 9.97 Å². The van der Waals surface area contributed by atoms with Crippen molar-refractivity contribution >= 4 is 23.3 Å². The molecule has 1 N–H and O–H groups in total. The summed E-state index contributed by atoms with van der Waals surface area (Å²) in [7, 11) is 0. The molecule has 0 radical (unpaired) electrons. The number of aryl methyl sites for hydroxylation is 1. The Morgan fingerprint density at radius 1 is 1.38 bits per heavy atom. The summed E-state index contributed by atoms with van der Waals surface area (Å²) in [4.78, 5) is 28.7. The Kier molecular flexibility index (Phi) is 3.81. The first kappa shape index (κ1) is 14.8. The average molecular weight is 312 g/mol. The van der Waals surface area contributed by atoms with Crippen LogP contribution in [0.2, 0.25) is 5.28 Å². The van der Waals surface area contributed by atoms with Crippen LogP contribution in [0.25, 0.3) is 11.3 Å². The molecule has 0 spiro atoms. The summed E-state index contributed by atoms with van der Waals surface area (Å²) in [6.45, 7) is 1.35. The number of nitro groups is 1. The van der Waals surface area contributed by atoms with Crippen LogP contribution >= 0.6 is 11.6 Å². The van der Waals surface area contributed by atoms with Gasteiger partial charge in [-0.05, 0) is 36.7 Å². The van der Waals surface area contributed by atoms with Crippen LogP contribution in [0.1, 0.15) is 16.1 Å². The number of rotatable bonds is 3. The lowest BCUT2D eigenvalue weighted by molar-refractivity contribution is -0.385. The first-order valence-corrected chi connectivity index (χ1v) is 5.90. The normalized spacial score (nSPS) is 10.4. The van der Waals surface area contributed by atoms with E-state index in [0.29, 0.717) is 0 Å². The van der Waals surface area contributed by atoms with Crippen LogP contribution in [0.3, 0.4) is 0 Å². The molecule has 1 aromatic carbocycles. The summed E-state index contributed by atoms with van der Waals surface area (Å²) in [5, 5.41) is 19.8. The summed E-state index contributed by atoms with van der Waals surface area (Å²) in [5.41, 5.74) is -1.12. The maximum atomic E-state index is 13.5. The number of aromatic carboxylic acids is 1. The number of carboxylic acid groups (broad SMARTS) is 1. The number of nitrogens with zero attached hydrogens (tertiary/aromatic N) is 3. The molecule has 0 bridgehead atoms. The molecule has 0 saturated heterocycles. The van der Waals surface area contributed by atoms with E-state index < -0.39 is 22.4 Å². The second kappa shape index (κ2) is 5.41. The van der Waals surface area contributed by atoms with Crippen molar-refractivity contribution in [3.63, 3.8) is 0 Å². The number of hydrogen-bond acceptors (Lipinski definition) is 5. The van der Waals surface area contributed by atoms with Crippen LogP contribution < -0.4 is 0 Å². The zero-order valence-corrected chi connectivity index (χ0v) is 11.3. The maximum absolute atomic E-state index is 13.5. The first-order chi connectivity index (χ1) is 9.79. The highest BCUT2D eigenvalue weighted by molar-refractivity contribution is 6.28. The van der Waals surface area contributed by atoms with Crippen LogP contribution in [-0.4, -0.2) is 26.0 Å². The third kappa shape index (κ3) is 2.95. The van der Waals surface area contributed by atoms with Gasteiger partial charge in [0, 0.05) is 5.56 Å². The molecule has 2 rings (SSSR count). The van der Waals surface area contributed by atoms with E-state index >= 15 is 0 Å². The maximum Gasteiger partial charge on any atom is 0.335 e. The number of carboxylic acids is 1. The van der Waals surface area contributed by atoms with Gasteiger partial charge < -0.3 is 5.11 Å². The largest absolute Gasteiger partial charge is 0.478 e. The van der Waals surface area contributed by atoms with Crippen molar-refractivity contribution in [1.29, 1.82) is 0 Å². The van der Waals surface area contributed by atoms with Crippen LogP contribution in [0.15, 0.2) is 18.2 Å². The predicted molar refractivity (Wildman–Crippen MR) is 70.8 cm³/mol. The molecule has 0 aliphatic heterocycles. The lowest BCUT2D eigenvalue weighted by atomic mass is 10.1. The number of benzene rings is 1. The summed E-state index contributed by atoms with van der Waals surface area (Å²) in [6, 6.07) is 2.82. The molecule has 9 heteroatoms. The fourth-order valence-corrected chi connectivity index (χ4v) is 2.01. The van der Waals surface area contributed by atoms with Gasteiger partial charge >= 0.3 is 11.7 Å². The van der Waals surface area contributed by atoms with E-state index in [4.69, 9.17) is 16.7 Å². The van der Waals surface area contributed by atoms with Crippen LogP contribution in [-0.2, 0) is 0 Å². The number of halogens is 2. The van der Waals surface area contributed by atoms with E-state index in [1.807, 2.05) is 0 Å². The lowest BCUT2D eigenvalue weighted by Crippen LogP contribution is -2.03. The SMILES string of the molecule is Cc1nc(Cl)nc(-c2cc(F)cc(C(=O)O)c2)c1[N+](=O)[O-]. The second-order valence-electron chi connectivity index (χ2n) is 4.07. The Morgan fingerprint density at radius 2 is 2.05 bits per heavy atom. The highest BCUT2D eigenvalue weighted by atomic mass is 35.5. The van der Waals surface area contributed by atoms with Gasteiger partial charge in [0.1, 0.15) is 11.5 Å². The minimum atomic E-state index is -1.37. The Hall–Kier alpha value is -2.61. The molecule has 0 aliphatic carbocycles. The van der Waals surface area contributed by atoms with Crippen molar-refractivity contribution in [2.45, 2.75) is 6.92 Å². The van der Waals surface area contributed by atoms with Gasteiger partial charge in [0.2, 0.25) is 5.28 Å². The van der Waals surface area contributed by atoms with E-state index in [1.165, 1.54) is 6.92 Å². The highest BCUT2D eigenvalue weighted by Gasteiger charge is 2.24. The number of hydrogen-bond donors (Lipinski definition) is 1. The molecule has 0 fully saturated rings. The summed E-state index contributed by atoms with van der Waals surface area (Å²) in [6.07, 6.45) is 0. The quantitative estimate of drug-likeness (QED) is 0.530.